The molecule has 1 aromatic rings. The Kier molecular flexibility index (Phi) is 2.39. The van der Waals surface area contributed by atoms with E-state index in [0.717, 1.165) is 0 Å². The number of thiol groups is 1. The predicted octanol–water partition coefficient (Wildman–Crippen LogP) is -0.902. The standard InChI is InChI=1S/C8H9N3O3S/c12-6-2-5(9-8(14)10-6)11-3-4(15)1-7(11)13/h2,4,15H,1,3H2,(H2,9,10,12,14). The smallest absolute Gasteiger partial charge is 0.297 e. The highest BCUT2D eigenvalue weighted by Crippen LogP contribution is 2.20. The second-order valence-electron chi connectivity index (χ2n) is 3.34. The summed E-state index contributed by atoms with van der Waals surface area (Å²) >= 11 is 4.17. The van der Waals surface area contributed by atoms with E-state index in [-0.39, 0.29) is 17.0 Å². The molecule has 7 heteroatoms. The van der Waals surface area contributed by atoms with Gasteiger partial charge in [0.25, 0.3) is 5.56 Å². The first-order valence-corrected chi connectivity index (χ1v) is 4.90. The van der Waals surface area contributed by atoms with E-state index in [2.05, 4.69) is 17.6 Å². The minimum Gasteiger partial charge on any atom is -0.297 e. The number of carbonyl (C=O) groups is 1. The number of rotatable bonds is 1. The molecule has 2 N–H and O–H groups in total. The van der Waals surface area contributed by atoms with Gasteiger partial charge in [0.1, 0.15) is 5.82 Å². The molecule has 0 spiro atoms. The van der Waals surface area contributed by atoms with E-state index in [4.69, 9.17) is 0 Å². The number of aromatic nitrogens is 2. The molecule has 0 aromatic carbocycles. The number of nitrogens with zero attached hydrogens (tertiary/aromatic N) is 1. The topological polar surface area (TPSA) is 86.0 Å². The number of nitrogens with one attached hydrogen (secondary N) is 2. The molecule has 1 saturated heterocycles. The van der Waals surface area contributed by atoms with Crippen LogP contribution in [-0.2, 0) is 4.79 Å². The van der Waals surface area contributed by atoms with Crippen molar-refractivity contribution in [3.05, 3.63) is 26.9 Å². The van der Waals surface area contributed by atoms with Gasteiger partial charge in [-0.15, -0.1) is 0 Å². The minimum atomic E-state index is -0.618. The molecular formula is C8H9N3O3S. The van der Waals surface area contributed by atoms with Crippen molar-refractivity contribution in [2.45, 2.75) is 11.7 Å². The fraction of sp³-hybridized carbons (Fsp3) is 0.375. The molecule has 1 amide bonds. The Morgan fingerprint density at radius 2 is 2.07 bits per heavy atom. The van der Waals surface area contributed by atoms with E-state index in [9.17, 15) is 14.4 Å². The van der Waals surface area contributed by atoms with Gasteiger partial charge < -0.3 is 0 Å². The summed E-state index contributed by atoms with van der Waals surface area (Å²) in [5, 5.41) is -0.0553. The zero-order valence-corrected chi connectivity index (χ0v) is 8.58. The molecule has 1 atom stereocenters. The molecule has 1 aliphatic heterocycles. The van der Waals surface area contributed by atoms with Crippen LogP contribution in [0.3, 0.4) is 0 Å². The Morgan fingerprint density at radius 1 is 1.33 bits per heavy atom. The number of H-pyrrole nitrogens is 2. The summed E-state index contributed by atoms with van der Waals surface area (Å²) in [5.74, 6) is 0.0848. The highest BCUT2D eigenvalue weighted by atomic mass is 32.1. The summed E-state index contributed by atoms with van der Waals surface area (Å²) in [6.07, 6.45) is 0.317. The number of hydrogen-bond acceptors (Lipinski definition) is 4. The highest BCUT2D eigenvalue weighted by Gasteiger charge is 2.28. The van der Waals surface area contributed by atoms with Crippen LogP contribution >= 0.6 is 12.6 Å². The molecule has 0 bridgehead atoms. The van der Waals surface area contributed by atoms with Gasteiger partial charge in [-0.05, 0) is 0 Å². The molecule has 1 unspecified atom stereocenters. The number of amides is 1. The Balaban J connectivity index is 2.42. The second-order valence-corrected chi connectivity index (χ2v) is 4.07. The van der Waals surface area contributed by atoms with Crippen molar-refractivity contribution in [2.24, 2.45) is 0 Å². The van der Waals surface area contributed by atoms with Crippen LogP contribution in [0.1, 0.15) is 6.42 Å². The molecule has 0 radical (unpaired) electrons. The lowest BCUT2D eigenvalue weighted by Crippen LogP contribution is -2.31. The number of anilines is 1. The van der Waals surface area contributed by atoms with Crippen LogP contribution in [0, 0.1) is 0 Å². The molecule has 2 rings (SSSR count). The van der Waals surface area contributed by atoms with Crippen molar-refractivity contribution >= 4 is 24.4 Å². The molecule has 15 heavy (non-hydrogen) atoms. The lowest BCUT2D eigenvalue weighted by molar-refractivity contribution is -0.117. The van der Waals surface area contributed by atoms with E-state index in [0.29, 0.717) is 13.0 Å². The van der Waals surface area contributed by atoms with Crippen molar-refractivity contribution in [3.63, 3.8) is 0 Å². The lowest BCUT2D eigenvalue weighted by atomic mass is 10.4. The molecule has 1 aromatic heterocycles. The van der Waals surface area contributed by atoms with E-state index in [1.807, 2.05) is 4.98 Å². The lowest BCUT2D eigenvalue weighted by Gasteiger charge is -2.14. The van der Waals surface area contributed by atoms with Crippen LogP contribution in [-0.4, -0.2) is 27.7 Å². The fourth-order valence-electron chi connectivity index (χ4n) is 1.52. The van der Waals surface area contributed by atoms with Crippen molar-refractivity contribution in [1.29, 1.82) is 0 Å². The monoisotopic (exact) mass is 227 g/mol. The quantitative estimate of drug-likeness (QED) is 0.543. The van der Waals surface area contributed by atoms with Crippen molar-refractivity contribution in [2.75, 3.05) is 11.4 Å². The van der Waals surface area contributed by atoms with E-state index >= 15 is 0 Å². The van der Waals surface area contributed by atoms with Crippen LogP contribution in [0.25, 0.3) is 0 Å². The highest BCUT2D eigenvalue weighted by molar-refractivity contribution is 7.81. The van der Waals surface area contributed by atoms with Crippen LogP contribution < -0.4 is 16.1 Å². The van der Waals surface area contributed by atoms with Crippen molar-refractivity contribution in [3.8, 4) is 0 Å². The molecular weight excluding hydrogens is 218 g/mol. The molecule has 1 aliphatic rings. The zero-order valence-electron chi connectivity index (χ0n) is 7.69. The first-order chi connectivity index (χ1) is 7.06. The maximum absolute atomic E-state index is 11.5. The van der Waals surface area contributed by atoms with Crippen LogP contribution in [0.4, 0.5) is 5.82 Å². The van der Waals surface area contributed by atoms with Crippen LogP contribution in [0.2, 0.25) is 0 Å². The SMILES string of the molecule is O=C1CC(S)CN1c1cc(=O)[nH]c(=O)[nH]1. The first kappa shape index (κ1) is 10.0. The Hall–Kier alpha value is -1.50. The van der Waals surface area contributed by atoms with E-state index in [1.165, 1.54) is 11.0 Å². The van der Waals surface area contributed by atoms with Crippen molar-refractivity contribution in [1.82, 2.24) is 9.97 Å². The third-order valence-electron chi connectivity index (χ3n) is 2.14. The third-order valence-corrected chi connectivity index (χ3v) is 2.49. The Bertz CT molecular complexity index is 478. The molecule has 80 valence electrons. The van der Waals surface area contributed by atoms with Gasteiger partial charge in [-0.2, -0.15) is 12.6 Å². The van der Waals surface area contributed by atoms with Gasteiger partial charge in [-0.25, -0.2) is 4.79 Å². The van der Waals surface area contributed by atoms with E-state index in [1.54, 1.807) is 0 Å². The third kappa shape index (κ3) is 1.96. The minimum absolute atomic E-state index is 0.0553. The normalized spacial score (nSPS) is 21.0. The van der Waals surface area contributed by atoms with Gasteiger partial charge in [0, 0.05) is 24.3 Å². The van der Waals surface area contributed by atoms with Gasteiger partial charge in [-0.3, -0.25) is 24.5 Å². The second kappa shape index (κ2) is 3.58. The molecule has 0 aliphatic carbocycles. The summed E-state index contributed by atoms with van der Waals surface area (Å²) in [5.41, 5.74) is -1.14. The van der Waals surface area contributed by atoms with Crippen LogP contribution in [0.15, 0.2) is 15.7 Å². The summed E-state index contributed by atoms with van der Waals surface area (Å²) < 4.78 is 0. The van der Waals surface area contributed by atoms with Gasteiger partial charge in [-0.1, -0.05) is 0 Å². The average molecular weight is 227 g/mol. The van der Waals surface area contributed by atoms with E-state index < -0.39 is 11.2 Å². The number of hydrogen-bond donors (Lipinski definition) is 3. The van der Waals surface area contributed by atoms with Gasteiger partial charge >= 0.3 is 5.69 Å². The summed E-state index contributed by atoms with van der Waals surface area (Å²) in [6.45, 7) is 0.404. The molecule has 6 nitrogen and oxygen atoms in total. The van der Waals surface area contributed by atoms with Gasteiger partial charge in [0.2, 0.25) is 5.91 Å². The summed E-state index contributed by atoms with van der Waals surface area (Å²) in [4.78, 5) is 39.3. The Morgan fingerprint density at radius 3 is 2.60 bits per heavy atom. The maximum atomic E-state index is 11.5. The molecule has 2 heterocycles. The molecule has 0 saturated carbocycles. The van der Waals surface area contributed by atoms with Gasteiger partial charge in [0.05, 0.1) is 0 Å². The number of carbonyl (C=O) groups excluding carboxylic acids is 1. The number of aromatic amines is 2. The summed E-state index contributed by atoms with van der Waals surface area (Å²) in [7, 11) is 0. The largest absolute Gasteiger partial charge is 0.327 e. The summed E-state index contributed by atoms with van der Waals surface area (Å²) in [6, 6.07) is 1.19. The van der Waals surface area contributed by atoms with Gasteiger partial charge in [0.15, 0.2) is 0 Å². The predicted molar refractivity (Wildman–Crippen MR) is 57.4 cm³/mol. The average Bonchev–Trinajstić information content (AvgIpc) is 2.43. The maximum Gasteiger partial charge on any atom is 0.327 e. The molecule has 1 fully saturated rings. The fourth-order valence-corrected chi connectivity index (χ4v) is 1.84. The Labute approximate surface area is 89.7 Å². The zero-order chi connectivity index (χ0) is 11.0. The van der Waals surface area contributed by atoms with Crippen LogP contribution in [0.5, 0.6) is 0 Å². The first-order valence-electron chi connectivity index (χ1n) is 4.38. The van der Waals surface area contributed by atoms with Crippen molar-refractivity contribution < 1.29 is 4.79 Å².